The van der Waals surface area contributed by atoms with Gasteiger partial charge in [-0.2, -0.15) is 18.3 Å². The summed E-state index contributed by atoms with van der Waals surface area (Å²) in [5.74, 6) is 0. The molecule has 0 aromatic carbocycles. The molecule has 9 heterocycles. The molecule has 7 aromatic rings. The van der Waals surface area contributed by atoms with Gasteiger partial charge in [0.2, 0.25) is 22.8 Å². The highest BCUT2D eigenvalue weighted by Gasteiger charge is 2.28. The number of nitrogens with one attached hydrogen (secondary N) is 2. The van der Waals surface area contributed by atoms with Gasteiger partial charge in [-0.3, -0.25) is 0 Å². The third-order valence-corrected chi connectivity index (χ3v) is 13.2. The van der Waals surface area contributed by atoms with Gasteiger partial charge in [-0.1, -0.05) is 0 Å². The van der Waals surface area contributed by atoms with Crippen LogP contribution in [-0.2, 0) is 64.1 Å². The Kier molecular flexibility index (Phi) is 19.5. The van der Waals surface area contributed by atoms with Crippen LogP contribution in [-0.4, -0.2) is 128 Å². The van der Waals surface area contributed by atoms with Gasteiger partial charge in [-0.25, -0.2) is 9.97 Å². The Bertz CT molecular complexity index is 2860. The monoisotopic (exact) mass is 1030 g/mol. The SMILES string of the molecule is COCCOCC[n+]1ccccc1-c1c2nc(c(-c3cccc[n+]3CCOCCOC)c3ccc([nH]3)c(-c3cccc[n+]3CCOCCOC)c3nc(c(-c4cccc[n+]4CCOCCOC)c4ccc1[nH]4)C=C3)C=C2. The molecule has 0 saturated heterocycles. The zero-order valence-corrected chi connectivity index (χ0v) is 44.1. The number of nitrogens with zero attached hydrogens (tertiary/aromatic N) is 6. The Morgan fingerprint density at radius 3 is 0.803 bits per heavy atom. The molecule has 0 fully saturated rings. The van der Waals surface area contributed by atoms with Crippen molar-refractivity contribution in [2.24, 2.45) is 0 Å². The second-order valence-electron chi connectivity index (χ2n) is 18.0. The number of methoxy groups -OCH3 is 4. The first-order valence-electron chi connectivity index (χ1n) is 26.0. The predicted octanol–water partition coefficient (Wildman–Crippen LogP) is 7.13. The van der Waals surface area contributed by atoms with Crippen LogP contribution in [0.25, 0.3) is 91.4 Å². The number of aromatic amines is 2. The van der Waals surface area contributed by atoms with Gasteiger partial charge in [0.15, 0.2) is 51.0 Å². The first-order chi connectivity index (χ1) is 37.6. The topological polar surface area (TPSA) is 147 Å². The molecule has 0 unspecified atom stereocenters. The number of hydrogen-bond donors (Lipinski definition) is 2. The summed E-state index contributed by atoms with van der Waals surface area (Å²) >= 11 is 0. The third-order valence-electron chi connectivity index (χ3n) is 13.2. The Morgan fingerprint density at radius 2 is 0.566 bits per heavy atom. The zero-order valence-electron chi connectivity index (χ0n) is 44.1. The molecule has 16 nitrogen and oxygen atoms in total. The summed E-state index contributed by atoms with van der Waals surface area (Å²) in [6.45, 7) is 8.56. The van der Waals surface area contributed by atoms with Crippen molar-refractivity contribution in [3.05, 3.63) is 145 Å². The Labute approximate surface area is 444 Å². The Morgan fingerprint density at radius 1 is 0.316 bits per heavy atom. The van der Waals surface area contributed by atoms with Gasteiger partial charge in [0.25, 0.3) is 0 Å². The average molecular weight is 1030 g/mol. The van der Waals surface area contributed by atoms with Crippen LogP contribution in [0.1, 0.15) is 22.8 Å². The number of hydrogen-bond acceptors (Lipinski definition) is 10. The Hall–Kier alpha value is -7.12. The largest absolute Gasteiger partial charge is 0.382 e. The van der Waals surface area contributed by atoms with Crippen LogP contribution in [0, 0.1) is 0 Å². The van der Waals surface area contributed by atoms with Gasteiger partial charge in [0.05, 0.1) is 120 Å². The van der Waals surface area contributed by atoms with Crippen molar-refractivity contribution in [3.63, 3.8) is 0 Å². The maximum Gasteiger partial charge on any atom is 0.216 e. The number of ether oxygens (including phenoxy) is 8. The van der Waals surface area contributed by atoms with Gasteiger partial charge in [-0.15, -0.1) is 0 Å². The van der Waals surface area contributed by atoms with Crippen LogP contribution in [0.15, 0.2) is 122 Å². The summed E-state index contributed by atoms with van der Waals surface area (Å²) in [5.41, 5.74) is 14.4. The molecule has 2 aliphatic rings. The fourth-order valence-electron chi connectivity index (χ4n) is 9.51. The highest BCUT2D eigenvalue weighted by molar-refractivity contribution is 5.97. The van der Waals surface area contributed by atoms with Crippen molar-refractivity contribution in [2.45, 2.75) is 26.2 Å². The molecule has 76 heavy (non-hydrogen) atoms. The molecular weight excluding hydrogens is 961 g/mol. The van der Waals surface area contributed by atoms with Crippen LogP contribution in [0.5, 0.6) is 0 Å². The van der Waals surface area contributed by atoms with Crippen molar-refractivity contribution >= 4 is 46.4 Å². The molecule has 2 aliphatic heterocycles. The molecule has 0 amide bonds. The fraction of sp³-hybridized carbons (Fsp3) is 0.333. The van der Waals surface area contributed by atoms with E-state index in [2.05, 4.69) is 174 Å². The standard InChI is InChI=1S/C60H69N8O8/c1-69-37-41-73-33-29-65-25-9-5-13-53(65)57-45-17-19-47(61-45)58(54-14-6-10-26-66(54)30-34-74-42-38-70-2)49-21-23-51(63-49)60(56-16-8-12-28-68(56)32-36-76-44-40-72-4)52-24-22-50(64-52)59(48-20-18-46(57)62-48)55-15-7-11-27-67(55)31-35-75-43-39-71-3/h5-28H,29-44H2,1-4H3,(H,61,62,63,64)/q+3/p+1. The molecule has 0 radical (unpaired) electrons. The summed E-state index contributed by atoms with van der Waals surface area (Å²) in [6, 6.07) is 33.7. The maximum atomic E-state index is 6.04. The van der Waals surface area contributed by atoms with Gasteiger partial charge in [-0.05, 0) is 72.8 Å². The van der Waals surface area contributed by atoms with Crippen LogP contribution in [0.3, 0.4) is 0 Å². The van der Waals surface area contributed by atoms with E-state index in [0.29, 0.717) is 105 Å². The maximum absolute atomic E-state index is 6.04. The molecule has 0 saturated carbocycles. The minimum atomic E-state index is 0.501. The summed E-state index contributed by atoms with van der Waals surface area (Å²) in [6.07, 6.45) is 16.9. The van der Waals surface area contributed by atoms with Gasteiger partial charge in [0.1, 0.15) is 26.4 Å². The second kappa shape index (κ2) is 27.6. The van der Waals surface area contributed by atoms with Crippen molar-refractivity contribution in [1.82, 2.24) is 19.9 Å². The Balaban J connectivity index is 1.35. The zero-order chi connectivity index (χ0) is 52.3. The van der Waals surface area contributed by atoms with Crippen molar-refractivity contribution in [3.8, 4) is 45.0 Å². The van der Waals surface area contributed by atoms with Gasteiger partial charge < -0.3 is 47.9 Å². The molecule has 394 valence electrons. The number of rotatable bonds is 28. The van der Waals surface area contributed by atoms with Crippen LogP contribution in [0.4, 0.5) is 0 Å². The summed E-state index contributed by atoms with van der Waals surface area (Å²) in [7, 11) is 6.74. The lowest BCUT2D eigenvalue weighted by Gasteiger charge is -2.08. The first-order valence-corrected chi connectivity index (χ1v) is 26.0. The van der Waals surface area contributed by atoms with E-state index in [1.54, 1.807) is 28.4 Å². The van der Waals surface area contributed by atoms with Gasteiger partial charge in [0, 0.05) is 77.0 Å². The quantitative estimate of drug-likeness (QED) is 0.0384. The number of fused-ring (bicyclic) bond motifs is 8. The summed E-state index contributed by atoms with van der Waals surface area (Å²) in [4.78, 5) is 19.2. The molecular formula is C60H70N8O8+4. The predicted molar refractivity (Wildman–Crippen MR) is 292 cm³/mol. The normalized spacial score (nSPS) is 12.1. The van der Waals surface area contributed by atoms with E-state index < -0.39 is 0 Å². The lowest BCUT2D eigenvalue weighted by Crippen LogP contribution is -2.38. The summed E-state index contributed by atoms with van der Waals surface area (Å²) in [5, 5.41) is 0. The van der Waals surface area contributed by atoms with Crippen LogP contribution >= 0.6 is 0 Å². The molecule has 9 rings (SSSR count). The van der Waals surface area contributed by atoms with E-state index in [9.17, 15) is 0 Å². The van der Waals surface area contributed by atoms with E-state index in [0.717, 1.165) is 89.9 Å². The molecule has 0 atom stereocenters. The molecule has 2 N–H and O–H groups in total. The van der Waals surface area contributed by atoms with E-state index in [1.807, 2.05) is 0 Å². The van der Waals surface area contributed by atoms with E-state index in [4.69, 9.17) is 47.9 Å². The average Bonchev–Trinajstić information content (AvgIpc) is 4.32. The fourth-order valence-corrected chi connectivity index (χ4v) is 9.51. The van der Waals surface area contributed by atoms with Crippen LogP contribution in [0.2, 0.25) is 0 Å². The van der Waals surface area contributed by atoms with E-state index in [1.165, 1.54) is 0 Å². The first kappa shape index (κ1) is 53.7. The van der Waals surface area contributed by atoms with Crippen molar-refractivity contribution in [2.75, 3.05) is 108 Å². The lowest BCUT2D eigenvalue weighted by atomic mass is 10.1. The molecule has 8 bridgehead atoms. The highest BCUT2D eigenvalue weighted by atomic mass is 16.5. The number of H-pyrrole nitrogens is 2. The number of aromatic nitrogens is 8. The van der Waals surface area contributed by atoms with Crippen LogP contribution < -0.4 is 18.3 Å². The second-order valence-corrected chi connectivity index (χ2v) is 18.0. The highest BCUT2D eigenvalue weighted by Crippen LogP contribution is 2.36. The molecule has 0 spiro atoms. The lowest BCUT2D eigenvalue weighted by molar-refractivity contribution is -0.688. The molecule has 7 aromatic heterocycles. The summed E-state index contributed by atoms with van der Waals surface area (Å²) < 4.78 is 54.2. The minimum absolute atomic E-state index is 0.501. The third kappa shape index (κ3) is 13.1. The van der Waals surface area contributed by atoms with Crippen molar-refractivity contribution in [1.29, 1.82) is 0 Å². The van der Waals surface area contributed by atoms with Crippen molar-refractivity contribution < 1.29 is 56.2 Å². The molecule has 16 heteroatoms. The molecule has 0 aliphatic carbocycles. The van der Waals surface area contributed by atoms with E-state index in [-0.39, 0.29) is 0 Å². The minimum Gasteiger partial charge on any atom is -0.382 e. The van der Waals surface area contributed by atoms with Gasteiger partial charge >= 0.3 is 0 Å². The number of pyridine rings is 4. The van der Waals surface area contributed by atoms with E-state index >= 15 is 0 Å². The smallest absolute Gasteiger partial charge is 0.216 e.